The first-order valence-corrected chi connectivity index (χ1v) is 8.25. The maximum atomic E-state index is 14.0. The Labute approximate surface area is 154 Å². The van der Waals surface area contributed by atoms with Gasteiger partial charge in [0.15, 0.2) is 11.6 Å². The van der Waals surface area contributed by atoms with Crippen molar-refractivity contribution in [1.29, 1.82) is 0 Å². The number of ether oxygens (including phenoxy) is 1. The van der Waals surface area contributed by atoms with Crippen molar-refractivity contribution in [2.45, 2.75) is 6.61 Å². The Kier molecular flexibility index (Phi) is 4.40. The molecule has 1 aliphatic rings. The molecule has 0 saturated carbocycles. The molecule has 134 valence electrons. The Morgan fingerprint density at radius 2 is 1.44 bits per heavy atom. The first kappa shape index (κ1) is 16.9. The van der Waals surface area contributed by atoms with Crippen molar-refractivity contribution in [2.75, 3.05) is 0 Å². The summed E-state index contributed by atoms with van der Waals surface area (Å²) in [6.07, 6.45) is 0. The zero-order valence-corrected chi connectivity index (χ0v) is 14.1. The van der Waals surface area contributed by atoms with Gasteiger partial charge in [-0.25, -0.2) is 4.39 Å². The molecular weight excluding hydrogens is 349 g/mol. The number of nitrogens with zero attached hydrogens (tertiary/aromatic N) is 1. The van der Waals surface area contributed by atoms with Crippen molar-refractivity contribution in [2.24, 2.45) is 0 Å². The Morgan fingerprint density at radius 1 is 0.815 bits per heavy atom. The number of carbonyl (C=O) groups excluding carboxylic acids is 2. The number of hydrogen-bond donors (Lipinski definition) is 0. The van der Waals surface area contributed by atoms with Crippen LogP contribution in [0.15, 0.2) is 72.8 Å². The lowest BCUT2D eigenvalue weighted by atomic mass is 10.1. The third-order valence-electron chi connectivity index (χ3n) is 4.08. The minimum atomic E-state index is -0.525. The molecule has 0 saturated heterocycles. The largest absolute Gasteiger partial charge is 0.454 e. The fourth-order valence-electron chi connectivity index (χ4n) is 2.75. The summed E-state index contributed by atoms with van der Waals surface area (Å²) in [6, 6.07) is 19.5. The van der Waals surface area contributed by atoms with Gasteiger partial charge in [-0.05, 0) is 42.0 Å². The minimum Gasteiger partial charge on any atom is -0.454 e. The van der Waals surface area contributed by atoms with E-state index in [0.717, 1.165) is 5.06 Å². The van der Waals surface area contributed by atoms with Crippen LogP contribution in [0, 0.1) is 5.82 Å². The van der Waals surface area contributed by atoms with E-state index < -0.39 is 17.6 Å². The standard InChI is InChI=1S/C21H14FNO4/c22-18-11-10-14(12-19(18)27-15-6-2-1-3-7-15)13-26-23-20(24)16-8-4-5-9-17(16)21(23)25/h1-12H,13H2. The first-order valence-electron chi connectivity index (χ1n) is 8.25. The average Bonchev–Trinajstić information content (AvgIpc) is 2.94. The van der Waals surface area contributed by atoms with Crippen molar-refractivity contribution in [1.82, 2.24) is 5.06 Å². The molecule has 2 amide bonds. The molecule has 0 radical (unpaired) electrons. The Bertz CT molecular complexity index is 985. The van der Waals surface area contributed by atoms with Crippen molar-refractivity contribution in [3.8, 4) is 11.5 Å². The molecule has 5 nitrogen and oxygen atoms in total. The van der Waals surface area contributed by atoms with E-state index in [-0.39, 0.29) is 12.4 Å². The smallest absolute Gasteiger partial charge is 0.285 e. The van der Waals surface area contributed by atoms with Gasteiger partial charge in [-0.15, -0.1) is 5.06 Å². The minimum absolute atomic E-state index is 0.0321. The van der Waals surface area contributed by atoms with E-state index in [1.165, 1.54) is 18.2 Å². The normalized spacial score (nSPS) is 13.0. The molecule has 0 aromatic heterocycles. The number of hydroxylamine groups is 2. The van der Waals surface area contributed by atoms with Gasteiger partial charge in [0, 0.05) is 0 Å². The zero-order valence-electron chi connectivity index (χ0n) is 14.1. The van der Waals surface area contributed by atoms with Gasteiger partial charge in [-0.2, -0.15) is 0 Å². The van der Waals surface area contributed by atoms with Gasteiger partial charge in [0.25, 0.3) is 11.8 Å². The summed E-state index contributed by atoms with van der Waals surface area (Å²) in [6.45, 7) is -0.0864. The van der Waals surface area contributed by atoms with Crippen LogP contribution in [0.5, 0.6) is 11.5 Å². The molecule has 3 aromatic rings. The molecule has 1 aliphatic heterocycles. The number of para-hydroxylation sites is 1. The van der Waals surface area contributed by atoms with E-state index in [4.69, 9.17) is 9.57 Å². The lowest BCUT2D eigenvalue weighted by Gasteiger charge is -2.14. The predicted molar refractivity (Wildman–Crippen MR) is 94.6 cm³/mol. The molecule has 0 aliphatic carbocycles. The fourth-order valence-corrected chi connectivity index (χ4v) is 2.75. The number of fused-ring (bicyclic) bond motifs is 1. The molecule has 6 heteroatoms. The summed E-state index contributed by atoms with van der Waals surface area (Å²) < 4.78 is 19.6. The van der Waals surface area contributed by atoms with Gasteiger partial charge in [-0.3, -0.25) is 14.4 Å². The topological polar surface area (TPSA) is 55.8 Å². The van der Waals surface area contributed by atoms with E-state index in [1.54, 1.807) is 48.5 Å². The molecule has 3 aromatic carbocycles. The number of halogens is 1. The Morgan fingerprint density at radius 3 is 2.11 bits per heavy atom. The molecule has 0 N–H and O–H groups in total. The van der Waals surface area contributed by atoms with Gasteiger partial charge in [0.05, 0.1) is 11.1 Å². The third kappa shape index (κ3) is 3.30. The third-order valence-corrected chi connectivity index (χ3v) is 4.08. The SMILES string of the molecule is O=C1c2ccccc2C(=O)N1OCc1ccc(F)c(Oc2ccccc2)c1. The summed E-state index contributed by atoms with van der Waals surface area (Å²) in [7, 11) is 0. The van der Waals surface area contributed by atoms with Crippen LogP contribution in [0.4, 0.5) is 4.39 Å². The first-order chi connectivity index (χ1) is 13.1. The molecule has 0 spiro atoms. The quantitative estimate of drug-likeness (QED) is 0.633. The molecule has 1 heterocycles. The van der Waals surface area contributed by atoms with Gasteiger partial charge in [0.1, 0.15) is 12.4 Å². The van der Waals surface area contributed by atoms with E-state index >= 15 is 0 Å². The van der Waals surface area contributed by atoms with Gasteiger partial charge >= 0.3 is 0 Å². The second-order valence-electron chi connectivity index (χ2n) is 5.90. The number of imide groups is 1. The van der Waals surface area contributed by atoms with E-state index in [0.29, 0.717) is 22.4 Å². The maximum Gasteiger partial charge on any atom is 0.285 e. The van der Waals surface area contributed by atoms with Crippen LogP contribution in [0.3, 0.4) is 0 Å². The molecule has 27 heavy (non-hydrogen) atoms. The van der Waals surface area contributed by atoms with Crippen LogP contribution in [0.1, 0.15) is 26.3 Å². The average molecular weight is 363 g/mol. The maximum absolute atomic E-state index is 14.0. The number of hydrogen-bond acceptors (Lipinski definition) is 4. The summed E-state index contributed by atoms with van der Waals surface area (Å²) in [5, 5.41) is 0.728. The zero-order chi connectivity index (χ0) is 18.8. The molecule has 0 unspecified atom stereocenters. The van der Waals surface area contributed by atoms with Crippen LogP contribution >= 0.6 is 0 Å². The highest BCUT2D eigenvalue weighted by molar-refractivity contribution is 6.20. The van der Waals surface area contributed by atoms with Gasteiger partial charge < -0.3 is 4.74 Å². The lowest BCUT2D eigenvalue weighted by molar-refractivity contribution is -0.101. The second-order valence-corrected chi connectivity index (χ2v) is 5.90. The Balaban J connectivity index is 1.49. The molecule has 0 fully saturated rings. The van der Waals surface area contributed by atoms with Crippen LogP contribution < -0.4 is 4.74 Å². The number of benzene rings is 3. The number of carbonyl (C=O) groups is 2. The van der Waals surface area contributed by atoms with Gasteiger partial charge in [0.2, 0.25) is 0 Å². The van der Waals surface area contributed by atoms with E-state index in [2.05, 4.69) is 0 Å². The van der Waals surface area contributed by atoms with Crippen molar-refractivity contribution >= 4 is 11.8 Å². The monoisotopic (exact) mass is 363 g/mol. The summed E-state index contributed by atoms with van der Waals surface area (Å²) in [5.41, 5.74) is 1.16. The molecular formula is C21H14FNO4. The van der Waals surface area contributed by atoms with E-state index in [1.807, 2.05) is 6.07 Å². The number of amides is 2. The number of rotatable bonds is 5. The molecule has 0 bridgehead atoms. The van der Waals surface area contributed by atoms with Crippen LogP contribution in [-0.4, -0.2) is 16.9 Å². The van der Waals surface area contributed by atoms with Gasteiger partial charge in [-0.1, -0.05) is 36.4 Å². The highest BCUT2D eigenvalue weighted by atomic mass is 19.1. The van der Waals surface area contributed by atoms with Crippen LogP contribution in [-0.2, 0) is 11.4 Å². The predicted octanol–water partition coefficient (Wildman–Crippen LogP) is 4.35. The molecule has 0 atom stereocenters. The highest BCUT2D eigenvalue weighted by Crippen LogP contribution is 2.27. The van der Waals surface area contributed by atoms with Crippen LogP contribution in [0.2, 0.25) is 0 Å². The van der Waals surface area contributed by atoms with Crippen LogP contribution in [0.25, 0.3) is 0 Å². The van der Waals surface area contributed by atoms with Crippen molar-refractivity contribution in [3.05, 3.63) is 95.3 Å². The van der Waals surface area contributed by atoms with Crippen molar-refractivity contribution in [3.63, 3.8) is 0 Å². The van der Waals surface area contributed by atoms with E-state index in [9.17, 15) is 14.0 Å². The summed E-state index contributed by atoms with van der Waals surface area (Å²) in [5.74, 6) is -1.03. The lowest BCUT2D eigenvalue weighted by Crippen LogP contribution is -2.29. The second kappa shape index (κ2) is 7.01. The fraction of sp³-hybridized carbons (Fsp3) is 0.0476. The van der Waals surface area contributed by atoms with Crippen molar-refractivity contribution < 1.29 is 23.6 Å². The molecule has 4 rings (SSSR count). The Hall–Kier alpha value is -3.51. The summed E-state index contributed by atoms with van der Waals surface area (Å²) in [4.78, 5) is 30.0. The highest BCUT2D eigenvalue weighted by Gasteiger charge is 2.36. The summed E-state index contributed by atoms with van der Waals surface area (Å²) >= 11 is 0.